The SMILES string of the molecule is C#CCN1C(=O)S/C(=C/c2cc(Cl)c(OCc3ccc4ccccc4c3)c(Cl)c2)C1=O. The molecule has 3 aromatic carbocycles. The van der Waals surface area contributed by atoms with Gasteiger partial charge in [-0.3, -0.25) is 14.5 Å². The van der Waals surface area contributed by atoms with E-state index in [2.05, 4.69) is 12.0 Å². The number of ether oxygens (including phenoxy) is 1. The lowest BCUT2D eigenvalue weighted by Gasteiger charge is -2.12. The maximum Gasteiger partial charge on any atom is 0.294 e. The molecule has 1 saturated heterocycles. The van der Waals surface area contributed by atoms with Gasteiger partial charge in [-0.1, -0.05) is 65.5 Å². The summed E-state index contributed by atoms with van der Waals surface area (Å²) >= 11 is 13.6. The molecule has 0 unspecified atom stereocenters. The van der Waals surface area contributed by atoms with Crippen LogP contribution in [0.4, 0.5) is 4.79 Å². The molecule has 2 amide bonds. The summed E-state index contributed by atoms with van der Waals surface area (Å²) in [5.41, 5.74) is 1.57. The number of thioether (sulfide) groups is 1. The van der Waals surface area contributed by atoms with Crippen LogP contribution in [0, 0.1) is 12.3 Å². The van der Waals surface area contributed by atoms with Gasteiger partial charge in [-0.2, -0.15) is 0 Å². The van der Waals surface area contributed by atoms with E-state index in [0.717, 1.165) is 33.0 Å². The number of hydrogen-bond acceptors (Lipinski definition) is 4. The molecule has 1 heterocycles. The molecule has 0 N–H and O–H groups in total. The van der Waals surface area contributed by atoms with Crippen LogP contribution in [0.5, 0.6) is 5.75 Å². The highest BCUT2D eigenvalue weighted by Gasteiger charge is 2.34. The first-order valence-electron chi connectivity index (χ1n) is 9.24. The van der Waals surface area contributed by atoms with Gasteiger partial charge < -0.3 is 4.74 Å². The van der Waals surface area contributed by atoms with E-state index in [0.29, 0.717) is 28.0 Å². The van der Waals surface area contributed by atoms with Crippen LogP contribution in [0.2, 0.25) is 10.0 Å². The van der Waals surface area contributed by atoms with Gasteiger partial charge in [-0.15, -0.1) is 6.42 Å². The summed E-state index contributed by atoms with van der Waals surface area (Å²) in [5.74, 6) is 2.22. The minimum atomic E-state index is -0.433. The van der Waals surface area contributed by atoms with Crippen LogP contribution in [-0.2, 0) is 11.4 Å². The predicted octanol–water partition coefficient (Wildman–Crippen LogP) is 6.40. The van der Waals surface area contributed by atoms with Crippen LogP contribution < -0.4 is 4.74 Å². The molecule has 0 saturated carbocycles. The minimum absolute atomic E-state index is 0.0644. The van der Waals surface area contributed by atoms with Crippen LogP contribution in [0.3, 0.4) is 0 Å². The molecule has 1 aliphatic heterocycles. The monoisotopic (exact) mass is 467 g/mol. The minimum Gasteiger partial charge on any atom is -0.486 e. The van der Waals surface area contributed by atoms with Crippen LogP contribution in [-0.4, -0.2) is 22.6 Å². The van der Waals surface area contributed by atoms with Gasteiger partial charge in [0.15, 0.2) is 5.75 Å². The Morgan fingerprint density at radius 2 is 1.74 bits per heavy atom. The maximum atomic E-state index is 12.3. The first-order chi connectivity index (χ1) is 15.0. The number of nitrogens with zero attached hydrogens (tertiary/aromatic N) is 1. The first kappa shape index (κ1) is 21.3. The fourth-order valence-corrected chi connectivity index (χ4v) is 4.62. The van der Waals surface area contributed by atoms with Gasteiger partial charge in [0.25, 0.3) is 11.1 Å². The summed E-state index contributed by atoms with van der Waals surface area (Å²) in [6, 6.07) is 17.4. The molecule has 7 heteroatoms. The normalized spacial score (nSPS) is 15.0. The number of imide groups is 1. The molecule has 3 aromatic rings. The lowest BCUT2D eigenvalue weighted by Crippen LogP contribution is -2.28. The van der Waals surface area contributed by atoms with Gasteiger partial charge in [-0.25, -0.2) is 0 Å². The number of amides is 2. The second-order valence-electron chi connectivity index (χ2n) is 6.76. The second-order valence-corrected chi connectivity index (χ2v) is 8.56. The van der Waals surface area contributed by atoms with Gasteiger partial charge in [0.05, 0.1) is 21.5 Å². The van der Waals surface area contributed by atoms with Crippen molar-refractivity contribution in [3.05, 3.63) is 80.7 Å². The summed E-state index contributed by atoms with van der Waals surface area (Å²) < 4.78 is 5.87. The summed E-state index contributed by atoms with van der Waals surface area (Å²) in [5, 5.41) is 2.49. The zero-order valence-corrected chi connectivity index (χ0v) is 18.4. The highest BCUT2D eigenvalue weighted by molar-refractivity contribution is 8.18. The number of halogens is 2. The molecular formula is C24H15Cl2NO3S. The van der Waals surface area contributed by atoms with Crippen LogP contribution in [0.15, 0.2) is 59.5 Å². The van der Waals surface area contributed by atoms with E-state index in [4.69, 9.17) is 34.4 Å². The Bertz CT molecular complexity index is 1260. The third-order valence-electron chi connectivity index (χ3n) is 4.64. The van der Waals surface area contributed by atoms with E-state index in [1.54, 1.807) is 18.2 Å². The summed E-state index contributed by atoms with van der Waals surface area (Å²) in [4.78, 5) is 25.5. The van der Waals surface area contributed by atoms with Gasteiger partial charge >= 0.3 is 0 Å². The van der Waals surface area contributed by atoms with E-state index in [9.17, 15) is 9.59 Å². The first-order valence-corrected chi connectivity index (χ1v) is 10.8. The van der Waals surface area contributed by atoms with Gasteiger partial charge in [0.1, 0.15) is 6.61 Å². The van der Waals surface area contributed by atoms with E-state index in [1.807, 2.05) is 36.4 Å². The van der Waals surface area contributed by atoms with Crippen molar-refractivity contribution in [1.29, 1.82) is 0 Å². The molecule has 0 radical (unpaired) electrons. The number of benzene rings is 3. The van der Waals surface area contributed by atoms with E-state index in [-0.39, 0.29) is 11.4 Å². The molecular weight excluding hydrogens is 453 g/mol. The predicted molar refractivity (Wildman–Crippen MR) is 126 cm³/mol. The van der Waals surface area contributed by atoms with Crippen molar-refractivity contribution in [1.82, 2.24) is 4.90 Å². The maximum absolute atomic E-state index is 12.3. The number of carbonyl (C=O) groups is 2. The van der Waals surface area contributed by atoms with Crippen LogP contribution >= 0.6 is 35.0 Å². The fourth-order valence-electron chi connectivity index (χ4n) is 3.16. The number of carbonyl (C=O) groups excluding carboxylic acids is 2. The number of hydrogen-bond donors (Lipinski definition) is 0. The summed E-state index contributed by atoms with van der Waals surface area (Å²) in [6.45, 7) is 0.236. The lowest BCUT2D eigenvalue weighted by molar-refractivity contribution is -0.122. The molecule has 154 valence electrons. The second kappa shape index (κ2) is 9.07. The zero-order valence-electron chi connectivity index (χ0n) is 16.1. The smallest absolute Gasteiger partial charge is 0.294 e. The van der Waals surface area contributed by atoms with Crippen molar-refractivity contribution in [2.75, 3.05) is 6.54 Å². The molecule has 0 bridgehead atoms. The molecule has 4 nitrogen and oxygen atoms in total. The molecule has 0 spiro atoms. The largest absolute Gasteiger partial charge is 0.486 e. The molecule has 0 aromatic heterocycles. The van der Waals surface area contributed by atoms with Crippen LogP contribution in [0.25, 0.3) is 16.8 Å². The van der Waals surface area contributed by atoms with Gasteiger partial charge in [0, 0.05) is 0 Å². The molecule has 0 atom stereocenters. The van der Waals surface area contributed by atoms with Gasteiger partial charge in [-0.05, 0) is 57.9 Å². The Hall–Kier alpha value is -2.91. The molecule has 0 aliphatic carbocycles. The van der Waals surface area contributed by atoms with Crippen molar-refractivity contribution in [3.8, 4) is 18.1 Å². The number of terminal acetylenes is 1. The lowest BCUT2D eigenvalue weighted by atomic mass is 10.1. The van der Waals surface area contributed by atoms with Crippen molar-refractivity contribution in [2.24, 2.45) is 0 Å². The standard InChI is InChI=1S/C24H15Cl2NO3S/c1-2-9-27-23(28)21(31-24(27)29)13-16-11-19(25)22(20(26)12-16)30-14-15-7-8-17-5-3-4-6-18(17)10-15/h1,3-8,10-13H,9,14H2/b21-13+. The molecule has 1 aliphatic rings. The Labute approximate surface area is 193 Å². The molecule has 4 rings (SSSR count). The third-order valence-corrected chi connectivity index (χ3v) is 6.11. The highest BCUT2D eigenvalue weighted by atomic mass is 35.5. The van der Waals surface area contributed by atoms with Gasteiger partial charge in [0.2, 0.25) is 0 Å². The average molecular weight is 468 g/mol. The topological polar surface area (TPSA) is 46.6 Å². The fraction of sp³-hybridized carbons (Fsp3) is 0.0833. The third kappa shape index (κ3) is 4.57. The van der Waals surface area contributed by atoms with Crippen LogP contribution in [0.1, 0.15) is 11.1 Å². The summed E-state index contributed by atoms with van der Waals surface area (Å²) in [6.07, 6.45) is 6.77. The van der Waals surface area contributed by atoms with Crippen molar-refractivity contribution >= 4 is 63.0 Å². The highest BCUT2D eigenvalue weighted by Crippen LogP contribution is 2.37. The summed E-state index contributed by atoms with van der Waals surface area (Å²) in [7, 11) is 0. The van der Waals surface area contributed by atoms with Crippen molar-refractivity contribution < 1.29 is 14.3 Å². The molecule has 1 fully saturated rings. The Morgan fingerprint density at radius 1 is 1.03 bits per heavy atom. The van der Waals surface area contributed by atoms with E-state index >= 15 is 0 Å². The number of rotatable bonds is 5. The Morgan fingerprint density at radius 3 is 2.45 bits per heavy atom. The zero-order chi connectivity index (χ0) is 22.0. The van der Waals surface area contributed by atoms with E-state index < -0.39 is 11.1 Å². The van der Waals surface area contributed by atoms with E-state index in [1.165, 1.54) is 0 Å². The van der Waals surface area contributed by atoms with Crippen molar-refractivity contribution in [3.63, 3.8) is 0 Å². The average Bonchev–Trinajstić information content (AvgIpc) is 3.00. The Balaban J connectivity index is 1.53. The molecule has 31 heavy (non-hydrogen) atoms. The number of fused-ring (bicyclic) bond motifs is 1. The Kier molecular flexibility index (Phi) is 6.24. The van der Waals surface area contributed by atoms with Crippen molar-refractivity contribution in [2.45, 2.75) is 6.61 Å². The quantitative estimate of drug-likeness (QED) is 0.321.